The van der Waals surface area contributed by atoms with Gasteiger partial charge in [-0.3, -0.25) is 0 Å². The quantitative estimate of drug-likeness (QED) is 0.695. The van der Waals surface area contributed by atoms with Gasteiger partial charge >= 0.3 is 0 Å². The summed E-state index contributed by atoms with van der Waals surface area (Å²) in [5.74, 6) is 0. The molecule has 2 N–H and O–H groups in total. The fourth-order valence-electron chi connectivity index (χ4n) is 1.37. The molecular formula is C8H16N4. The highest BCUT2D eigenvalue weighted by atomic mass is 15.3. The Morgan fingerprint density at radius 1 is 1.50 bits per heavy atom. The first-order valence-corrected chi connectivity index (χ1v) is 4.08. The molecule has 0 saturated heterocycles. The molecule has 0 aromatic carbocycles. The van der Waals surface area contributed by atoms with E-state index in [9.17, 15) is 0 Å². The van der Waals surface area contributed by atoms with E-state index in [1.807, 2.05) is 7.05 Å². The van der Waals surface area contributed by atoms with Crippen LogP contribution in [0.5, 0.6) is 0 Å². The minimum atomic E-state index is 0.158. The van der Waals surface area contributed by atoms with Crippen molar-refractivity contribution in [3.05, 3.63) is 11.9 Å². The summed E-state index contributed by atoms with van der Waals surface area (Å²) in [6.45, 7) is 6.51. The lowest BCUT2D eigenvalue weighted by Crippen LogP contribution is -2.29. The molecule has 0 amide bonds. The average Bonchev–Trinajstić information content (AvgIpc) is 2.38. The van der Waals surface area contributed by atoms with Gasteiger partial charge in [0, 0.05) is 0 Å². The molecule has 4 heteroatoms. The minimum Gasteiger partial charge on any atom is -0.311 e. The van der Waals surface area contributed by atoms with Gasteiger partial charge in [0.25, 0.3) is 0 Å². The van der Waals surface area contributed by atoms with Gasteiger partial charge in [-0.2, -0.15) is 15.4 Å². The van der Waals surface area contributed by atoms with E-state index in [4.69, 9.17) is 0 Å². The molecule has 1 atom stereocenters. The second-order valence-corrected chi connectivity index (χ2v) is 3.98. The van der Waals surface area contributed by atoms with Crippen molar-refractivity contribution in [3.8, 4) is 0 Å². The SMILES string of the molecule is CNC(c1cn[nH]n1)C(C)(C)C. The molecule has 1 rings (SSSR count). The molecule has 4 nitrogen and oxygen atoms in total. The van der Waals surface area contributed by atoms with Crippen molar-refractivity contribution >= 4 is 0 Å². The summed E-state index contributed by atoms with van der Waals surface area (Å²) < 4.78 is 0. The molecule has 0 radical (unpaired) electrons. The Morgan fingerprint density at radius 3 is 2.50 bits per heavy atom. The van der Waals surface area contributed by atoms with Crippen LogP contribution in [0.2, 0.25) is 0 Å². The Labute approximate surface area is 72.8 Å². The van der Waals surface area contributed by atoms with Crippen LogP contribution in [-0.2, 0) is 0 Å². The van der Waals surface area contributed by atoms with Crippen molar-refractivity contribution in [1.82, 2.24) is 20.7 Å². The predicted molar refractivity (Wildman–Crippen MR) is 47.6 cm³/mol. The van der Waals surface area contributed by atoms with Crippen molar-refractivity contribution in [2.24, 2.45) is 5.41 Å². The van der Waals surface area contributed by atoms with Crippen molar-refractivity contribution in [3.63, 3.8) is 0 Å². The normalized spacial score (nSPS) is 14.7. The zero-order valence-corrected chi connectivity index (χ0v) is 8.05. The van der Waals surface area contributed by atoms with Crippen LogP contribution < -0.4 is 5.32 Å². The van der Waals surface area contributed by atoms with E-state index in [0.717, 1.165) is 5.69 Å². The fraction of sp³-hybridized carbons (Fsp3) is 0.750. The first kappa shape index (κ1) is 9.19. The van der Waals surface area contributed by atoms with Crippen LogP contribution in [0, 0.1) is 5.41 Å². The number of hydrogen-bond donors (Lipinski definition) is 2. The van der Waals surface area contributed by atoms with Gasteiger partial charge in [-0.1, -0.05) is 20.8 Å². The maximum absolute atomic E-state index is 4.06. The molecule has 1 heterocycles. The second-order valence-electron chi connectivity index (χ2n) is 3.98. The molecule has 1 unspecified atom stereocenters. The monoisotopic (exact) mass is 168 g/mol. The van der Waals surface area contributed by atoms with E-state index in [0.29, 0.717) is 0 Å². The van der Waals surface area contributed by atoms with Gasteiger partial charge < -0.3 is 5.32 Å². The zero-order valence-electron chi connectivity index (χ0n) is 8.05. The highest BCUT2D eigenvalue weighted by Gasteiger charge is 2.26. The molecule has 0 saturated carbocycles. The Balaban J connectivity index is 2.84. The van der Waals surface area contributed by atoms with Crippen LogP contribution in [0.25, 0.3) is 0 Å². The molecule has 68 valence electrons. The highest BCUT2D eigenvalue weighted by Crippen LogP contribution is 2.30. The lowest BCUT2D eigenvalue weighted by molar-refractivity contribution is 0.281. The van der Waals surface area contributed by atoms with Gasteiger partial charge in [0.15, 0.2) is 0 Å². The van der Waals surface area contributed by atoms with Gasteiger partial charge in [-0.25, -0.2) is 0 Å². The van der Waals surface area contributed by atoms with E-state index in [2.05, 4.69) is 41.5 Å². The summed E-state index contributed by atoms with van der Waals surface area (Å²) in [5, 5.41) is 13.7. The molecule has 0 aliphatic carbocycles. The van der Waals surface area contributed by atoms with Gasteiger partial charge in [0.2, 0.25) is 0 Å². The van der Waals surface area contributed by atoms with Crippen molar-refractivity contribution < 1.29 is 0 Å². The lowest BCUT2D eigenvalue weighted by atomic mass is 9.85. The number of nitrogens with one attached hydrogen (secondary N) is 2. The van der Waals surface area contributed by atoms with Crippen LogP contribution in [0.3, 0.4) is 0 Å². The third-order valence-electron chi connectivity index (χ3n) is 1.88. The number of aromatic amines is 1. The number of nitrogens with zero attached hydrogens (tertiary/aromatic N) is 2. The Hall–Kier alpha value is -0.900. The molecule has 0 aliphatic rings. The van der Waals surface area contributed by atoms with Gasteiger partial charge in [0.1, 0.15) is 0 Å². The van der Waals surface area contributed by atoms with Crippen LogP contribution in [0.4, 0.5) is 0 Å². The summed E-state index contributed by atoms with van der Waals surface area (Å²) in [6.07, 6.45) is 1.76. The molecule has 1 aromatic rings. The molecule has 0 bridgehead atoms. The molecule has 0 aliphatic heterocycles. The van der Waals surface area contributed by atoms with Crippen molar-refractivity contribution in [1.29, 1.82) is 0 Å². The van der Waals surface area contributed by atoms with E-state index in [1.54, 1.807) is 6.20 Å². The molecule has 12 heavy (non-hydrogen) atoms. The second kappa shape index (κ2) is 3.23. The zero-order chi connectivity index (χ0) is 9.19. The van der Waals surface area contributed by atoms with Crippen LogP contribution in [-0.4, -0.2) is 22.5 Å². The van der Waals surface area contributed by atoms with Gasteiger partial charge in [-0.05, 0) is 12.5 Å². The van der Waals surface area contributed by atoms with E-state index in [-0.39, 0.29) is 11.5 Å². The highest BCUT2D eigenvalue weighted by molar-refractivity contribution is 5.03. The number of aromatic nitrogens is 3. The van der Waals surface area contributed by atoms with Crippen LogP contribution in [0.15, 0.2) is 6.20 Å². The molecule has 0 fully saturated rings. The smallest absolute Gasteiger partial charge is 0.0999 e. The summed E-state index contributed by atoms with van der Waals surface area (Å²) in [6, 6.07) is 0.247. The molecule has 0 spiro atoms. The summed E-state index contributed by atoms with van der Waals surface area (Å²) >= 11 is 0. The first-order valence-electron chi connectivity index (χ1n) is 4.08. The van der Waals surface area contributed by atoms with Gasteiger partial charge in [-0.15, -0.1) is 0 Å². The van der Waals surface area contributed by atoms with Crippen molar-refractivity contribution in [2.75, 3.05) is 7.05 Å². The van der Waals surface area contributed by atoms with Crippen LogP contribution in [0.1, 0.15) is 32.5 Å². The number of H-pyrrole nitrogens is 1. The summed E-state index contributed by atoms with van der Waals surface area (Å²) in [4.78, 5) is 0. The van der Waals surface area contributed by atoms with Crippen molar-refractivity contribution in [2.45, 2.75) is 26.8 Å². The van der Waals surface area contributed by atoms with E-state index < -0.39 is 0 Å². The molecular weight excluding hydrogens is 152 g/mol. The molecule has 1 aromatic heterocycles. The Kier molecular flexibility index (Phi) is 2.47. The van der Waals surface area contributed by atoms with E-state index in [1.165, 1.54) is 0 Å². The summed E-state index contributed by atoms with van der Waals surface area (Å²) in [5.41, 5.74) is 1.12. The first-order chi connectivity index (χ1) is 5.55. The average molecular weight is 168 g/mol. The Morgan fingerprint density at radius 2 is 2.17 bits per heavy atom. The maximum atomic E-state index is 4.06. The number of rotatable bonds is 2. The lowest BCUT2D eigenvalue weighted by Gasteiger charge is -2.28. The maximum Gasteiger partial charge on any atom is 0.0999 e. The standard InChI is InChI=1S/C8H16N4/c1-8(2,3)7(9-4)6-5-10-12-11-6/h5,7,9H,1-4H3,(H,10,11,12). The number of hydrogen-bond acceptors (Lipinski definition) is 3. The fourth-order valence-corrected chi connectivity index (χ4v) is 1.37. The third-order valence-corrected chi connectivity index (χ3v) is 1.88. The van der Waals surface area contributed by atoms with Crippen LogP contribution >= 0.6 is 0 Å². The van der Waals surface area contributed by atoms with E-state index >= 15 is 0 Å². The summed E-state index contributed by atoms with van der Waals surface area (Å²) in [7, 11) is 1.94. The predicted octanol–water partition coefficient (Wildman–Crippen LogP) is 1.11. The van der Waals surface area contributed by atoms with Gasteiger partial charge in [0.05, 0.1) is 17.9 Å². The third kappa shape index (κ3) is 1.82. The topological polar surface area (TPSA) is 53.6 Å². The Bertz CT molecular complexity index is 222. The minimum absolute atomic E-state index is 0.158. The largest absolute Gasteiger partial charge is 0.311 e.